The van der Waals surface area contributed by atoms with E-state index in [4.69, 9.17) is 14.1 Å². The lowest BCUT2D eigenvalue weighted by Gasteiger charge is -2.15. The van der Waals surface area contributed by atoms with E-state index in [-0.39, 0.29) is 0 Å². The lowest BCUT2D eigenvalue weighted by Crippen LogP contribution is -2.03. The highest BCUT2D eigenvalue weighted by Gasteiger charge is 2.24. The topological polar surface area (TPSA) is 44.8 Å². The second kappa shape index (κ2) is 12.6. The van der Waals surface area contributed by atoms with E-state index in [2.05, 4.69) is 6.92 Å². The van der Waals surface area contributed by atoms with Gasteiger partial charge in [0.25, 0.3) is 0 Å². The molecule has 0 radical (unpaired) electrons. The molecule has 5 heteroatoms. The number of hydrogen-bond acceptors (Lipinski definition) is 4. The van der Waals surface area contributed by atoms with Crippen molar-refractivity contribution in [3.05, 3.63) is 30.3 Å². The Kier molecular flexibility index (Phi) is 11.1. The van der Waals surface area contributed by atoms with Gasteiger partial charge in [0.1, 0.15) is 0 Å². The molecule has 0 spiro atoms. The first-order valence-corrected chi connectivity index (χ1v) is 10.6. The standard InChI is InChI=1S/C18H31O4P/c1-3-5-6-7-8-9-10-14-17-20-23(19,4-2)22-21-18-15-12-11-13-16-18/h11-13,15-16H,3-10,14,17H2,1-2H3. The highest BCUT2D eigenvalue weighted by molar-refractivity contribution is 7.53. The third-order valence-corrected chi connectivity index (χ3v) is 5.32. The summed E-state index contributed by atoms with van der Waals surface area (Å²) in [6, 6.07) is 9.04. The summed E-state index contributed by atoms with van der Waals surface area (Å²) in [4.78, 5) is 5.11. The molecule has 0 heterocycles. The van der Waals surface area contributed by atoms with E-state index < -0.39 is 7.60 Å². The van der Waals surface area contributed by atoms with Gasteiger partial charge in [-0.3, -0.25) is 4.57 Å². The molecule has 0 bridgehead atoms. The van der Waals surface area contributed by atoms with Crippen LogP contribution < -0.4 is 4.89 Å². The van der Waals surface area contributed by atoms with E-state index in [9.17, 15) is 4.57 Å². The molecule has 0 saturated heterocycles. The Morgan fingerprint density at radius 2 is 1.48 bits per heavy atom. The molecule has 1 unspecified atom stereocenters. The normalized spacial score (nSPS) is 13.7. The first-order valence-electron chi connectivity index (χ1n) is 8.85. The molecule has 4 nitrogen and oxygen atoms in total. The fraction of sp³-hybridized carbons (Fsp3) is 0.667. The summed E-state index contributed by atoms with van der Waals surface area (Å²) >= 11 is 0. The Labute approximate surface area is 141 Å². The zero-order valence-corrected chi connectivity index (χ0v) is 15.4. The molecule has 1 aromatic rings. The smallest absolute Gasteiger partial charge is 0.329 e. The van der Waals surface area contributed by atoms with Crippen LogP contribution in [0.2, 0.25) is 0 Å². The van der Waals surface area contributed by atoms with Crippen molar-refractivity contribution in [3.8, 4) is 5.75 Å². The van der Waals surface area contributed by atoms with Crippen molar-refractivity contribution in [3.63, 3.8) is 0 Å². The molecule has 1 atom stereocenters. The zero-order valence-electron chi connectivity index (χ0n) is 14.5. The highest BCUT2D eigenvalue weighted by Crippen LogP contribution is 2.48. The Hall–Kier alpha value is -0.830. The van der Waals surface area contributed by atoms with Crippen LogP contribution in [0.15, 0.2) is 30.3 Å². The molecule has 0 aromatic heterocycles. The maximum absolute atomic E-state index is 12.4. The van der Waals surface area contributed by atoms with Crippen LogP contribution >= 0.6 is 7.60 Å². The number of unbranched alkanes of at least 4 members (excludes halogenated alkanes) is 7. The molecule has 23 heavy (non-hydrogen) atoms. The van der Waals surface area contributed by atoms with Gasteiger partial charge in [0.05, 0.1) is 12.8 Å². The molecule has 1 aromatic carbocycles. The van der Waals surface area contributed by atoms with Crippen molar-refractivity contribution in [1.82, 2.24) is 0 Å². The Balaban J connectivity index is 2.11. The van der Waals surface area contributed by atoms with Gasteiger partial charge in [0.2, 0.25) is 0 Å². The van der Waals surface area contributed by atoms with Crippen molar-refractivity contribution < 1.29 is 18.7 Å². The van der Waals surface area contributed by atoms with Gasteiger partial charge in [-0.15, -0.1) is 0 Å². The summed E-state index contributed by atoms with van der Waals surface area (Å²) in [5.74, 6) is 0.525. The highest BCUT2D eigenvalue weighted by atomic mass is 31.2. The van der Waals surface area contributed by atoms with E-state index in [1.54, 1.807) is 19.1 Å². The minimum atomic E-state index is -3.16. The second-order valence-electron chi connectivity index (χ2n) is 5.71. The molecule has 0 fully saturated rings. The van der Waals surface area contributed by atoms with Gasteiger partial charge in [-0.25, -0.2) is 0 Å². The van der Waals surface area contributed by atoms with Crippen LogP contribution in [0.5, 0.6) is 5.75 Å². The summed E-state index contributed by atoms with van der Waals surface area (Å²) in [7, 11) is -3.16. The van der Waals surface area contributed by atoms with Crippen LogP contribution in [0.25, 0.3) is 0 Å². The monoisotopic (exact) mass is 342 g/mol. The molecular weight excluding hydrogens is 311 g/mol. The lowest BCUT2D eigenvalue weighted by molar-refractivity contribution is -0.112. The average Bonchev–Trinajstić information content (AvgIpc) is 2.59. The van der Waals surface area contributed by atoms with Gasteiger partial charge in [0, 0.05) is 0 Å². The van der Waals surface area contributed by atoms with Crippen molar-refractivity contribution >= 4 is 7.60 Å². The van der Waals surface area contributed by atoms with Gasteiger partial charge in [-0.2, -0.15) is 0 Å². The van der Waals surface area contributed by atoms with Gasteiger partial charge in [-0.05, 0) is 18.6 Å². The van der Waals surface area contributed by atoms with Crippen LogP contribution in [0.3, 0.4) is 0 Å². The van der Waals surface area contributed by atoms with Crippen LogP contribution in [-0.4, -0.2) is 12.8 Å². The summed E-state index contributed by atoms with van der Waals surface area (Å²) in [5.41, 5.74) is 0. The van der Waals surface area contributed by atoms with Crippen molar-refractivity contribution in [2.45, 2.75) is 65.2 Å². The zero-order chi connectivity index (χ0) is 16.8. The maximum Gasteiger partial charge on any atom is 0.368 e. The van der Waals surface area contributed by atoms with E-state index in [0.29, 0.717) is 18.5 Å². The lowest BCUT2D eigenvalue weighted by atomic mass is 10.1. The predicted molar refractivity (Wildman–Crippen MR) is 94.9 cm³/mol. The van der Waals surface area contributed by atoms with E-state index in [1.165, 1.54) is 38.5 Å². The summed E-state index contributed by atoms with van der Waals surface area (Å²) in [6.45, 7) is 4.47. The largest absolute Gasteiger partial charge is 0.368 e. The first kappa shape index (κ1) is 20.2. The van der Waals surface area contributed by atoms with Crippen LogP contribution in [0.4, 0.5) is 0 Å². The fourth-order valence-corrected chi connectivity index (χ4v) is 3.12. The third kappa shape index (κ3) is 9.80. The van der Waals surface area contributed by atoms with Gasteiger partial charge in [-0.1, -0.05) is 81.7 Å². The number of benzene rings is 1. The number of rotatable bonds is 14. The Bertz CT molecular complexity index is 436. The molecule has 0 saturated carbocycles. The summed E-state index contributed by atoms with van der Waals surface area (Å²) < 4.78 is 22.9. The maximum atomic E-state index is 12.4. The Morgan fingerprint density at radius 3 is 2.09 bits per heavy atom. The van der Waals surface area contributed by atoms with E-state index in [1.807, 2.05) is 18.2 Å². The molecule has 0 aliphatic rings. The third-order valence-electron chi connectivity index (χ3n) is 3.66. The molecular formula is C18H31O4P. The molecule has 0 aliphatic heterocycles. The quantitative estimate of drug-likeness (QED) is 0.171. The van der Waals surface area contributed by atoms with E-state index >= 15 is 0 Å². The minimum Gasteiger partial charge on any atom is -0.329 e. The van der Waals surface area contributed by atoms with E-state index in [0.717, 1.165) is 12.8 Å². The average molecular weight is 342 g/mol. The van der Waals surface area contributed by atoms with Gasteiger partial charge >= 0.3 is 7.60 Å². The molecule has 132 valence electrons. The van der Waals surface area contributed by atoms with Crippen molar-refractivity contribution in [1.29, 1.82) is 0 Å². The number of para-hydroxylation sites is 1. The minimum absolute atomic E-state index is 0.302. The van der Waals surface area contributed by atoms with Crippen LogP contribution in [-0.2, 0) is 13.8 Å². The SMILES string of the molecule is CCCCCCCCCCOP(=O)(CC)OOc1ccccc1. The fourth-order valence-electron chi connectivity index (χ4n) is 2.18. The van der Waals surface area contributed by atoms with Gasteiger partial charge < -0.3 is 9.41 Å². The summed E-state index contributed by atoms with van der Waals surface area (Å²) in [6.07, 6.45) is 10.1. The second-order valence-corrected chi connectivity index (χ2v) is 7.97. The molecule has 0 N–H and O–H groups in total. The van der Waals surface area contributed by atoms with Crippen LogP contribution in [0, 0.1) is 0 Å². The molecule has 1 rings (SSSR count). The Morgan fingerprint density at radius 1 is 0.870 bits per heavy atom. The van der Waals surface area contributed by atoms with Crippen molar-refractivity contribution in [2.24, 2.45) is 0 Å². The molecule has 0 amide bonds. The van der Waals surface area contributed by atoms with Crippen LogP contribution in [0.1, 0.15) is 65.2 Å². The summed E-state index contributed by atoms with van der Waals surface area (Å²) in [5, 5.41) is 0. The predicted octanol–water partition coefficient (Wildman–Crippen LogP) is 6.37. The van der Waals surface area contributed by atoms with Crippen molar-refractivity contribution in [2.75, 3.05) is 12.8 Å². The van der Waals surface area contributed by atoms with Gasteiger partial charge in [0.15, 0.2) is 5.75 Å². The molecule has 0 aliphatic carbocycles. The number of hydrogen-bond donors (Lipinski definition) is 0. The first-order chi connectivity index (χ1) is 11.2.